The first kappa shape index (κ1) is 21.9. The van der Waals surface area contributed by atoms with Gasteiger partial charge in [0.25, 0.3) is 5.91 Å². The molecule has 9 heteroatoms. The lowest BCUT2D eigenvalue weighted by molar-refractivity contribution is -0.387. The molecule has 7 nitrogen and oxygen atoms in total. The van der Waals surface area contributed by atoms with Gasteiger partial charge in [0.15, 0.2) is 0 Å². The van der Waals surface area contributed by atoms with Crippen LogP contribution in [0.3, 0.4) is 0 Å². The average molecular weight is 406 g/mol. The van der Waals surface area contributed by atoms with Crippen LogP contribution in [0.25, 0.3) is 0 Å². The Morgan fingerprint density at radius 1 is 1.14 bits per heavy atom. The minimum absolute atomic E-state index is 0.131. The number of nitro groups is 1. The minimum atomic E-state index is -1.07. The van der Waals surface area contributed by atoms with Gasteiger partial charge in [0.1, 0.15) is 11.4 Å². The predicted molar refractivity (Wildman–Crippen MR) is 102 cm³/mol. The molecule has 2 aromatic rings. The Morgan fingerprint density at radius 3 is 2.38 bits per heavy atom. The molecule has 2 rings (SSSR count). The summed E-state index contributed by atoms with van der Waals surface area (Å²) in [4.78, 5) is 36.0. The lowest BCUT2D eigenvalue weighted by atomic mass is 10.1. The molecule has 0 unspecified atom stereocenters. The fourth-order valence-corrected chi connectivity index (χ4v) is 2.64. The SMILES string of the molecule is CN(C(=O)c1ccc(F)c([N+](=O)[O-])c1)c1ccc(F)cc1CC(=O)OC(C)(C)C. The van der Waals surface area contributed by atoms with Gasteiger partial charge in [-0.05, 0) is 56.7 Å². The van der Waals surface area contributed by atoms with Crippen LogP contribution < -0.4 is 4.90 Å². The van der Waals surface area contributed by atoms with Gasteiger partial charge in [-0.3, -0.25) is 19.7 Å². The molecule has 0 radical (unpaired) electrons. The van der Waals surface area contributed by atoms with Crippen LogP contribution in [0.2, 0.25) is 0 Å². The second kappa shape index (κ2) is 8.34. The summed E-state index contributed by atoms with van der Waals surface area (Å²) in [6.45, 7) is 5.07. The maximum Gasteiger partial charge on any atom is 0.310 e. The van der Waals surface area contributed by atoms with Crippen LogP contribution in [0.1, 0.15) is 36.7 Å². The van der Waals surface area contributed by atoms with Crippen molar-refractivity contribution in [3.05, 3.63) is 69.3 Å². The van der Waals surface area contributed by atoms with E-state index in [2.05, 4.69) is 0 Å². The number of nitrogens with zero attached hydrogens (tertiary/aromatic N) is 2. The summed E-state index contributed by atoms with van der Waals surface area (Å²) < 4.78 is 32.5. The number of amides is 1. The van der Waals surface area contributed by atoms with Crippen molar-refractivity contribution in [3.8, 4) is 0 Å². The summed E-state index contributed by atoms with van der Waals surface area (Å²) in [6.07, 6.45) is -0.286. The third kappa shape index (κ3) is 5.56. The largest absolute Gasteiger partial charge is 0.460 e. The van der Waals surface area contributed by atoms with Crippen LogP contribution in [0.5, 0.6) is 0 Å². The van der Waals surface area contributed by atoms with E-state index in [4.69, 9.17) is 4.74 Å². The predicted octanol–water partition coefficient (Wildman–Crippen LogP) is 4.03. The zero-order valence-corrected chi connectivity index (χ0v) is 16.4. The lowest BCUT2D eigenvalue weighted by Crippen LogP contribution is -2.29. The van der Waals surface area contributed by atoms with E-state index in [0.29, 0.717) is 0 Å². The van der Waals surface area contributed by atoms with Gasteiger partial charge in [0, 0.05) is 24.4 Å². The van der Waals surface area contributed by atoms with Crippen molar-refractivity contribution >= 4 is 23.3 Å². The van der Waals surface area contributed by atoms with Crippen molar-refractivity contribution < 1.29 is 28.0 Å². The van der Waals surface area contributed by atoms with E-state index in [1.807, 2.05) is 0 Å². The number of carbonyl (C=O) groups is 2. The lowest BCUT2D eigenvalue weighted by Gasteiger charge is -2.23. The Bertz CT molecular complexity index is 970. The highest BCUT2D eigenvalue weighted by Gasteiger charge is 2.24. The molecule has 2 aromatic carbocycles. The number of hydrogen-bond acceptors (Lipinski definition) is 5. The molecule has 0 aliphatic heterocycles. The molecule has 0 aromatic heterocycles. The Balaban J connectivity index is 2.36. The van der Waals surface area contributed by atoms with E-state index in [1.165, 1.54) is 13.1 Å². The molecular weight excluding hydrogens is 386 g/mol. The van der Waals surface area contributed by atoms with Gasteiger partial charge in [0.05, 0.1) is 11.3 Å². The van der Waals surface area contributed by atoms with Gasteiger partial charge in [-0.1, -0.05) is 0 Å². The third-order valence-electron chi connectivity index (χ3n) is 3.85. The molecule has 0 heterocycles. The van der Waals surface area contributed by atoms with E-state index in [1.54, 1.807) is 20.8 Å². The molecule has 1 amide bonds. The summed E-state index contributed by atoms with van der Waals surface area (Å²) >= 11 is 0. The molecule has 0 N–H and O–H groups in total. The van der Waals surface area contributed by atoms with Gasteiger partial charge >= 0.3 is 11.7 Å². The minimum Gasteiger partial charge on any atom is -0.460 e. The maximum absolute atomic E-state index is 13.7. The molecule has 0 spiro atoms. The van der Waals surface area contributed by atoms with Gasteiger partial charge in [-0.2, -0.15) is 4.39 Å². The summed E-state index contributed by atoms with van der Waals surface area (Å²) in [5.41, 5.74) is -1.29. The summed E-state index contributed by atoms with van der Waals surface area (Å²) in [5, 5.41) is 10.9. The molecule has 0 aliphatic rings. The molecule has 0 aliphatic carbocycles. The number of hydrogen-bond donors (Lipinski definition) is 0. The van der Waals surface area contributed by atoms with E-state index < -0.39 is 39.7 Å². The van der Waals surface area contributed by atoms with Crippen molar-refractivity contribution in [1.82, 2.24) is 0 Å². The van der Waals surface area contributed by atoms with Crippen LogP contribution in [0.4, 0.5) is 20.2 Å². The van der Waals surface area contributed by atoms with Crippen LogP contribution in [-0.4, -0.2) is 29.4 Å². The molecule has 29 heavy (non-hydrogen) atoms. The highest BCUT2D eigenvalue weighted by atomic mass is 19.1. The molecule has 0 saturated carbocycles. The zero-order chi connectivity index (χ0) is 21.9. The second-order valence-corrected chi connectivity index (χ2v) is 7.32. The molecule has 0 fully saturated rings. The molecule has 154 valence electrons. The van der Waals surface area contributed by atoms with Crippen LogP contribution in [-0.2, 0) is 16.0 Å². The normalized spacial score (nSPS) is 11.1. The fraction of sp³-hybridized carbons (Fsp3) is 0.300. The first-order valence-corrected chi connectivity index (χ1v) is 8.61. The van der Waals surface area contributed by atoms with Gasteiger partial charge in [0.2, 0.25) is 5.82 Å². The fourth-order valence-electron chi connectivity index (χ4n) is 2.64. The standard InChI is InChI=1S/C20H20F2N2O5/c1-20(2,3)29-18(25)11-13-9-14(21)6-8-16(13)23(4)19(26)12-5-7-15(22)17(10-12)24(27)28/h5-10H,11H2,1-4H3. The van der Waals surface area contributed by atoms with E-state index in [0.717, 1.165) is 35.2 Å². The monoisotopic (exact) mass is 406 g/mol. The van der Waals surface area contributed by atoms with Gasteiger partial charge in [-0.25, -0.2) is 4.39 Å². The number of halogens is 2. The number of rotatable bonds is 5. The quantitative estimate of drug-likeness (QED) is 0.425. The number of carbonyl (C=O) groups excluding carboxylic acids is 2. The first-order valence-electron chi connectivity index (χ1n) is 8.61. The smallest absolute Gasteiger partial charge is 0.310 e. The van der Waals surface area contributed by atoms with E-state index in [-0.39, 0.29) is 23.2 Å². The Kier molecular flexibility index (Phi) is 6.31. The Morgan fingerprint density at radius 2 is 1.79 bits per heavy atom. The van der Waals surface area contributed by atoms with Crippen LogP contribution in [0, 0.1) is 21.7 Å². The molecular formula is C20H20F2N2O5. The van der Waals surface area contributed by atoms with Crippen molar-refractivity contribution in [3.63, 3.8) is 0 Å². The topological polar surface area (TPSA) is 89.8 Å². The Labute approximate surface area is 166 Å². The highest BCUT2D eigenvalue weighted by molar-refractivity contribution is 6.06. The van der Waals surface area contributed by atoms with Crippen LogP contribution >= 0.6 is 0 Å². The number of nitro benzene ring substituents is 1. The number of anilines is 1. The van der Waals surface area contributed by atoms with Gasteiger partial charge < -0.3 is 9.64 Å². The molecule has 0 bridgehead atoms. The van der Waals surface area contributed by atoms with E-state index in [9.17, 15) is 28.5 Å². The van der Waals surface area contributed by atoms with Crippen LogP contribution in [0.15, 0.2) is 36.4 Å². The van der Waals surface area contributed by atoms with E-state index >= 15 is 0 Å². The van der Waals surface area contributed by atoms with Crippen molar-refractivity contribution in [2.45, 2.75) is 32.8 Å². The number of esters is 1. The summed E-state index contributed by atoms with van der Waals surface area (Å²) in [7, 11) is 1.36. The van der Waals surface area contributed by atoms with Gasteiger partial charge in [-0.15, -0.1) is 0 Å². The molecule has 0 atom stereocenters. The summed E-state index contributed by atoms with van der Waals surface area (Å²) in [5.74, 6) is -2.97. The summed E-state index contributed by atoms with van der Waals surface area (Å²) in [6, 6.07) is 6.29. The second-order valence-electron chi connectivity index (χ2n) is 7.32. The highest BCUT2D eigenvalue weighted by Crippen LogP contribution is 2.26. The molecule has 0 saturated heterocycles. The first-order chi connectivity index (χ1) is 13.4. The zero-order valence-electron chi connectivity index (χ0n) is 16.4. The Hall–Kier alpha value is -3.36. The number of ether oxygens (including phenoxy) is 1. The maximum atomic E-state index is 13.7. The number of benzene rings is 2. The van der Waals surface area contributed by atoms with Crippen molar-refractivity contribution in [1.29, 1.82) is 0 Å². The van der Waals surface area contributed by atoms with Crippen molar-refractivity contribution in [2.75, 3.05) is 11.9 Å². The third-order valence-corrected chi connectivity index (χ3v) is 3.85. The van der Waals surface area contributed by atoms with Crippen molar-refractivity contribution in [2.24, 2.45) is 0 Å². The average Bonchev–Trinajstić information content (AvgIpc) is 2.59.